The van der Waals surface area contributed by atoms with Gasteiger partial charge in [-0.15, -0.1) is 0 Å². The maximum atomic E-state index is 12.4. The highest BCUT2D eigenvalue weighted by Crippen LogP contribution is 2.32. The maximum absolute atomic E-state index is 12.4. The number of ether oxygens (including phenoxy) is 2. The molecule has 0 saturated heterocycles. The maximum Gasteiger partial charge on any atom is 0.338 e. The zero-order chi connectivity index (χ0) is 22.3. The number of amides is 2. The van der Waals surface area contributed by atoms with Crippen molar-refractivity contribution in [3.05, 3.63) is 59.2 Å². The number of carbonyl (C=O) groups excluding carboxylic acids is 3. The molecule has 0 saturated carbocycles. The monoisotopic (exact) mass is 412 g/mol. The van der Waals surface area contributed by atoms with E-state index in [0.717, 1.165) is 16.8 Å². The number of para-hydroxylation sites is 1. The average molecular weight is 412 g/mol. The molecule has 0 atom stereocenters. The largest absolute Gasteiger partial charge is 0.484 e. The van der Waals surface area contributed by atoms with Gasteiger partial charge in [0.2, 0.25) is 0 Å². The highest BCUT2D eigenvalue weighted by molar-refractivity contribution is 5.96. The van der Waals surface area contributed by atoms with Crippen LogP contribution in [0.1, 0.15) is 61.0 Å². The quantitative estimate of drug-likeness (QED) is 0.612. The number of primary amides is 1. The summed E-state index contributed by atoms with van der Waals surface area (Å²) in [7, 11) is 0. The minimum atomic E-state index is -0.632. The normalized spacial score (nSPS) is 10.7. The Morgan fingerprint density at radius 3 is 1.97 bits per heavy atom. The van der Waals surface area contributed by atoms with Crippen LogP contribution in [0.2, 0.25) is 0 Å². The lowest BCUT2D eigenvalue weighted by molar-refractivity contribution is -0.120. The number of anilines is 1. The molecule has 2 aromatic carbocycles. The molecule has 0 aromatic heterocycles. The standard InChI is InChI=1S/C23H28N2O5/c1-14(2)18-6-5-7-19(15(3)4)22(18)25-21(27)13-30-23(28)16-8-10-17(11-9-16)29-12-20(24)26/h5-11,14-15H,12-13H2,1-4H3,(H2,24,26)(H,25,27). The Labute approximate surface area is 176 Å². The van der Waals surface area contributed by atoms with Gasteiger partial charge in [-0.25, -0.2) is 4.79 Å². The molecule has 0 radical (unpaired) electrons. The van der Waals surface area contributed by atoms with E-state index in [0.29, 0.717) is 5.75 Å². The van der Waals surface area contributed by atoms with Crippen molar-refractivity contribution >= 4 is 23.5 Å². The van der Waals surface area contributed by atoms with Crippen molar-refractivity contribution in [2.75, 3.05) is 18.5 Å². The van der Waals surface area contributed by atoms with Gasteiger partial charge >= 0.3 is 5.97 Å². The summed E-state index contributed by atoms with van der Waals surface area (Å²) in [4.78, 5) is 35.4. The van der Waals surface area contributed by atoms with Crippen LogP contribution in [0.3, 0.4) is 0 Å². The molecule has 0 bridgehead atoms. The van der Waals surface area contributed by atoms with Crippen LogP contribution >= 0.6 is 0 Å². The molecule has 2 aromatic rings. The summed E-state index contributed by atoms with van der Waals surface area (Å²) in [6.07, 6.45) is 0. The first-order valence-electron chi connectivity index (χ1n) is 9.80. The number of hydrogen-bond acceptors (Lipinski definition) is 5. The van der Waals surface area contributed by atoms with E-state index in [4.69, 9.17) is 15.2 Å². The van der Waals surface area contributed by atoms with Crippen LogP contribution < -0.4 is 15.8 Å². The summed E-state index contributed by atoms with van der Waals surface area (Å²) in [5, 5.41) is 2.91. The van der Waals surface area contributed by atoms with Crippen LogP contribution in [0.25, 0.3) is 0 Å². The topological polar surface area (TPSA) is 108 Å². The fourth-order valence-corrected chi connectivity index (χ4v) is 2.93. The lowest BCUT2D eigenvalue weighted by Gasteiger charge is -2.20. The number of nitrogens with two attached hydrogens (primary N) is 1. The highest BCUT2D eigenvalue weighted by Gasteiger charge is 2.17. The molecule has 3 N–H and O–H groups in total. The molecule has 0 spiro atoms. The van der Waals surface area contributed by atoms with Gasteiger partial charge in [-0.2, -0.15) is 0 Å². The van der Waals surface area contributed by atoms with Crippen molar-refractivity contribution in [1.82, 2.24) is 0 Å². The average Bonchev–Trinajstić information content (AvgIpc) is 2.70. The van der Waals surface area contributed by atoms with Crippen LogP contribution in [0, 0.1) is 0 Å². The molecule has 0 heterocycles. The van der Waals surface area contributed by atoms with Gasteiger partial charge in [-0.3, -0.25) is 9.59 Å². The molecule has 0 unspecified atom stereocenters. The zero-order valence-corrected chi connectivity index (χ0v) is 17.7. The molecule has 160 valence electrons. The summed E-state index contributed by atoms with van der Waals surface area (Å²) in [5.41, 5.74) is 8.13. The van der Waals surface area contributed by atoms with Gasteiger partial charge in [0.15, 0.2) is 13.2 Å². The number of rotatable bonds is 9. The van der Waals surface area contributed by atoms with Crippen molar-refractivity contribution < 1.29 is 23.9 Å². The second kappa shape index (κ2) is 10.4. The Balaban J connectivity index is 1.99. The molecule has 0 aliphatic rings. The van der Waals surface area contributed by atoms with E-state index < -0.39 is 24.4 Å². The third kappa shape index (κ3) is 6.34. The van der Waals surface area contributed by atoms with E-state index in [1.54, 1.807) is 0 Å². The molecular weight excluding hydrogens is 384 g/mol. The number of hydrogen-bond donors (Lipinski definition) is 2. The predicted molar refractivity (Wildman–Crippen MR) is 115 cm³/mol. The molecule has 2 rings (SSSR count). The van der Waals surface area contributed by atoms with E-state index in [9.17, 15) is 14.4 Å². The number of carbonyl (C=O) groups is 3. The van der Waals surface area contributed by atoms with E-state index in [-0.39, 0.29) is 24.0 Å². The summed E-state index contributed by atoms with van der Waals surface area (Å²) < 4.78 is 10.3. The summed E-state index contributed by atoms with van der Waals surface area (Å²) in [6, 6.07) is 12.0. The lowest BCUT2D eigenvalue weighted by atomic mass is 9.92. The van der Waals surface area contributed by atoms with Crippen LogP contribution in [0.5, 0.6) is 5.75 Å². The van der Waals surface area contributed by atoms with Crippen molar-refractivity contribution in [3.63, 3.8) is 0 Å². The van der Waals surface area contributed by atoms with Gasteiger partial charge in [-0.1, -0.05) is 45.9 Å². The van der Waals surface area contributed by atoms with E-state index in [1.165, 1.54) is 24.3 Å². The predicted octanol–water partition coefficient (Wildman–Crippen LogP) is 3.59. The summed E-state index contributed by atoms with van der Waals surface area (Å²) in [6.45, 7) is 7.60. The van der Waals surface area contributed by atoms with Crippen molar-refractivity contribution in [2.24, 2.45) is 5.73 Å². The first kappa shape index (κ1) is 22.9. The number of esters is 1. The van der Waals surface area contributed by atoms with E-state index in [1.807, 2.05) is 18.2 Å². The van der Waals surface area contributed by atoms with Gasteiger partial charge < -0.3 is 20.5 Å². The molecule has 7 nitrogen and oxygen atoms in total. The number of nitrogens with one attached hydrogen (secondary N) is 1. The Hall–Kier alpha value is -3.35. The van der Waals surface area contributed by atoms with Gasteiger partial charge in [0.1, 0.15) is 5.75 Å². The van der Waals surface area contributed by atoms with Crippen LogP contribution in [-0.4, -0.2) is 31.0 Å². The summed E-state index contributed by atoms with van der Waals surface area (Å²) in [5.74, 6) is -0.764. The molecule has 0 aliphatic heterocycles. The third-order valence-corrected chi connectivity index (χ3v) is 4.44. The van der Waals surface area contributed by atoms with Crippen molar-refractivity contribution in [2.45, 2.75) is 39.5 Å². The smallest absolute Gasteiger partial charge is 0.338 e. The summed E-state index contributed by atoms with van der Waals surface area (Å²) >= 11 is 0. The molecule has 0 aliphatic carbocycles. The SMILES string of the molecule is CC(C)c1cccc(C(C)C)c1NC(=O)COC(=O)c1ccc(OCC(N)=O)cc1. The lowest BCUT2D eigenvalue weighted by Crippen LogP contribution is -2.22. The first-order valence-corrected chi connectivity index (χ1v) is 9.80. The fraction of sp³-hybridized carbons (Fsp3) is 0.348. The van der Waals surface area contributed by atoms with E-state index in [2.05, 4.69) is 33.0 Å². The van der Waals surface area contributed by atoms with Crippen molar-refractivity contribution in [1.29, 1.82) is 0 Å². The second-order valence-corrected chi connectivity index (χ2v) is 7.52. The Morgan fingerprint density at radius 2 is 1.47 bits per heavy atom. The fourth-order valence-electron chi connectivity index (χ4n) is 2.93. The van der Waals surface area contributed by atoms with Gasteiger partial charge in [-0.05, 0) is 47.2 Å². The molecule has 30 heavy (non-hydrogen) atoms. The second-order valence-electron chi connectivity index (χ2n) is 7.52. The third-order valence-electron chi connectivity index (χ3n) is 4.44. The minimum absolute atomic E-state index is 0.233. The van der Waals surface area contributed by atoms with Gasteiger partial charge in [0, 0.05) is 5.69 Å². The Kier molecular flexibility index (Phi) is 7.98. The number of benzene rings is 2. The van der Waals surface area contributed by atoms with Crippen LogP contribution in [0.15, 0.2) is 42.5 Å². The minimum Gasteiger partial charge on any atom is -0.484 e. The van der Waals surface area contributed by atoms with Crippen LogP contribution in [0.4, 0.5) is 5.69 Å². The van der Waals surface area contributed by atoms with E-state index >= 15 is 0 Å². The molecular formula is C23H28N2O5. The first-order chi connectivity index (χ1) is 14.2. The van der Waals surface area contributed by atoms with Gasteiger partial charge in [0.05, 0.1) is 5.56 Å². The Morgan fingerprint density at radius 1 is 0.900 bits per heavy atom. The molecule has 2 amide bonds. The zero-order valence-electron chi connectivity index (χ0n) is 17.7. The van der Waals surface area contributed by atoms with Crippen LogP contribution in [-0.2, 0) is 14.3 Å². The Bertz CT molecular complexity index is 878. The highest BCUT2D eigenvalue weighted by atomic mass is 16.5. The van der Waals surface area contributed by atoms with Crippen molar-refractivity contribution in [3.8, 4) is 5.75 Å². The molecule has 7 heteroatoms. The van der Waals surface area contributed by atoms with Gasteiger partial charge in [0.25, 0.3) is 11.8 Å². The molecule has 0 fully saturated rings.